The third kappa shape index (κ3) is 3.79. The SMILES string of the molecule is COC(=O)c1ccc(Cl)c(NC(=O)Cc2noc(C)n2)c1. The summed E-state index contributed by atoms with van der Waals surface area (Å²) in [6.45, 7) is 1.63. The van der Waals surface area contributed by atoms with Crippen molar-refractivity contribution < 1.29 is 18.8 Å². The van der Waals surface area contributed by atoms with Crippen LogP contribution in [0.2, 0.25) is 5.02 Å². The molecule has 1 N–H and O–H groups in total. The number of carbonyl (C=O) groups excluding carboxylic acids is 2. The molecule has 1 aromatic heterocycles. The second kappa shape index (κ2) is 6.36. The van der Waals surface area contributed by atoms with Crippen molar-refractivity contribution in [3.63, 3.8) is 0 Å². The number of carbonyl (C=O) groups is 2. The van der Waals surface area contributed by atoms with Crippen molar-refractivity contribution in [2.45, 2.75) is 13.3 Å². The Morgan fingerprint density at radius 2 is 2.19 bits per heavy atom. The van der Waals surface area contributed by atoms with Gasteiger partial charge in [0.05, 0.1) is 29.8 Å². The third-order valence-corrected chi connectivity index (χ3v) is 2.88. The van der Waals surface area contributed by atoms with Crippen LogP contribution < -0.4 is 5.32 Å². The van der Waals surface area contributed by atoms with Crippen molar-refractivity contribution >= 4 is 29.2 Å². The summed E-state index contributed by atoms with van der Waals surface area (Å²) in [6, 6.07) is 4.45. The van der Waals surface area contributed by atoms with E-state index in [1.165, 1.54) is 25.3 Å². The van der Waals surface area contributed by atoms with Gasteiger partial charge < -0.3 is 14.6 Å². The number of methoxy groups -OCH3 is 1. The van der Waals surface area contributed by atoms with Gasteiger partial charge in [-0.1, -0.05) is 16.8 Å². The lowest BCUT2D eigenvalue weighted by Crippen LogP contribution is -2.16. The number of benzene rings is 1. The first-order chi connectivity index (χ1) is 9.99. The molecule has 0 unspecified atom stereocenters. The van der Waals surface area contributed by atoms with E-state index in [9.17, 15) is 9.59 Å². The second-order valence-corrected chi connectivity index (χ2v) is 4.55. The Hall–Kier alpha value is -2.41. The molecule has 0 radical (unpaired) electrons. The van der Waals surface area contributed by atoms with Gasteiger partial charge >= 0.3 is 5.97 Å². The molecule has 0 aliphatic carbocycles. The molecule has 0 aliphatic heterocycles. The number of aryl methyl sites for hydroxylation is 1. The molecule has 0 saturated heterocycles. The van der Waals surface area contributed by atoms with Gasteiger partial charge in [0.15, 0.2) is 5.82 Å². The Kier molecular flexibility index (Phi) is 4.54. The number of anilines is 1. The first-order valence-electron chi connectivity index (χ1n) is 5.96. The van der Waals surface area contributed by atoms with Crippen LogP contribution in [0, 0.1) is 6.92 Å². The Morgan fingerprint density at radius 3 is 2.81 bits per heavy atom. The highest BCUT2D eigenvalue weighted by Gasteiger charge is 2.13. The summed E-state index contributed by atoms with van der Waals surface area (Å²) in [7, 11) is 1.27. The van der Waals surface area contributed by atoms with Crippen LogP contribution in [-0.4, -0.2) is 29.1 Å². The minimum atomic E-state index is -0.518. The standard InChI is InChI=1S/C13H12ClN3O4/c1-7-15-11(17-21-7)6-12(18)16-10-5-8(13(19)20-2)3-4-9(10)14/h3-5H,6H2,1-2H3,(H,16,18). The van der Waals surface area contributed by atoms with Crippen molar-refractivity contribution in [1.82, 2.24) is 10.1 Å². The van der Waals surface area contributed by atoms with E-state index >= 15 is 0 Å². The van der Waals surface area contributed by atoms with Gasteiger partial charge in [0.2, 0.25) is 11.8 Å². The number of rotatable bonds is 4. The maximum atomic E-state index is 11.9. The number of hydrogen-bond donors (Lipinski definition) is 1. The second-order valence-electron chi connectivity index (χ2n) is 4.14. The fourth-order valence-electron chi connectivity index (χ4n) is 1.62. The van der Waals surface area contributed by atoms with Gasteiger partial charge in [-0.15, -0.1) is 0 Å². The van der Waals surface area contributed by atoms with Gasteiger partial charge in [-0.25, -0.2) is 4.79 Å². The minimum Gasteiger partial charge on any atom is -0.465 e. The average molecular weight is 310 g/mol. The molecule has 7 nitrogen and oxygen atoms in total. The van der Waals surface area contributed by atoms with Crippen molar-refractivity contribution in [2.24, 2.45) is 0 Å². The molecule has 110 valence electrons. The molecule has 2 aromatic rings. The largest absolute Gasteiger partial charge is 0.465 e. The monoisotopic (exact) mass is 309 g/mol. The summed E-state index contributed by atoms with van der Waals surface area (Å²) in [5.74, 6) is -0.246. The summed E-state index contributed by atoms with van der Waals surface area (Å²) in [5, 5.41) is 6.52. The van der Waals surface area contributed by atoms with Gasteiger partial charge in [-0.2, -0.15) is 4.98 Å². The summed E-state index contributed by atoms with van der Waals surface area (Å²) in [6.07, 6.45) is -0.0594. The number of halogens is 1. The zero-order valence-corrected chi connectivity index (χ0v) is 12.1. The highest BCUT2D eigenvalue weighted by Crippen LogP contribution is 2.23. The van der Waals surface area contributed by atoms with Crippen LogP contribution in [0.1, 0.15) is 22.1 Å². The van der Waals surface area contributed by atoms with E-state index < -0.39 is 5.97 Å². The van der Waals surface area contributed by atoms with E-state index in [0.717, 1.165) is 0 Å². The molecule has 0 bridgehead atoms. The first kappa shape index (κ1) is 15.0. The number of nitrogens with one attached hydrogen (secondary N) is 1. The van der Waals surface area contributed by atoms with E-state index in [1.807, 2.05) is 0 Å². The first-order valence-corrected chi connectivity index (χ1v) is 6.34. The van der Waals surface area contributed by atoms with E-state index in [0.29, 0.717) is 16.6 Å². The molecule has 0 fully saturated rings. The van der Waals surface area contributed by atoms with Gasteiger partial charge in [0, 0.05) is 6.92 Å². The molecular weight excluding hydrogens is 298 g/mol. The van der Waals surface area contributed by atoms with E-state index in [2.05, 4.69) is 20.2 Å². The molecule has 8 heteroatoms. The number of amides is 1. The van der Waals surface area contributed by atoms with Crippen molar-refractivity contribution in [3.05, 3.63) is 40.5 Å². The molecule has 21 heavy (non-hydrogen) atoms. The smallest absolute Gasteiger partial charge is 0.337 e. The number of esters is 1. The van der Waals surface area contributed by atoms with Crippen LogP contribution in [0.25, 0.3) is 0 Å². The Bertz CT molecular complexity index is 684. The van der Waals surface area contributed by atoms with Crippen molar-refractivity contribution in [1.29, 1.82) is 0 Å². The number of aromatic nitrogens is 2. The Balaban J connectivity index is 2.11. The molecule has 0 spiro atoms. The van der Waals surface area contributed by atoms with Crippen molar-refractivity contribution in [2.75, 3.05) is 12.4 Å². The quantitative estimate of drug-likeness (QED) is 0.868. The summed E-state index contributed by atoms with van der Waals surface area (Å²) in [5.41, 5.74) is 0.595. The van der Waals surface area contributed by atoms with Crippen LogP contribution in [0.4, 0.5) is 5.69 Å². The highest BCUT2D eigenvalue weighted by molar-refractivity contribution is 6.33. The molecule has 2 rings (SSSR count). The van der Waals surface area contributed by atoms with Gasteiger partial charge in [0.25, 0.3) is 0 Å². The lowest BCUT2D eigenvalue weighted by atomic mass is 10.2. The normalized spacial score (nSPS) is 10.2. The van der Waals surface area contributed by atoms with Crippen LogP contribution >= 0.6 is 11.6 Å². The molecule has 1 aromatic carbocycles. The van der Waals surface area contributed by atoms with Crippen LogP contribution in [-0.2, 0) is 16.0 Å². The maximum absolute atomic E-state index is 11.9. The van der Waals surface area contributed by atoms with E-state index in [-0.39, 0.29) is 23.7 Å². The van der Waals surface area contributed by atoms with Crippen LogP contribution in [0.5, 0.6) is 0 Å². The fourth-order valence-corrected chi connectivity index (χ4v) is 1.78. The lowest BCUT2D eigenvalue weighted by Gasteiger charge is -2.08. The zero-order valence-electron chi connectivity index (χ0n) is 11.3. The third-order valence-electron chi connectivity index (χ3n) is 2.55. The van der Waals surface area contributed by atoms with Gasteiger partial charge in [-0.05, 0) is 18.2 Å². The van der Waals surface area contributed by atoms with Gasteiger partial charge in [-0.3, -0.25) is 4.79 Å². The van der Waals surface area contributed by atoms with E-state index in [4.69, 9.17) is 16.1 Å². The average Bonchev–Trinajstić information content (AvgIpc) is 2.85. The summed E-state index contributed by atoms with van der Waals surface area (Å²) >= 11 is 5.98. The molecular formula is C13H12ClN3O4. The Labute approximate surface area is 125 Å². The topological polar surface area (TPSA) is 94.3 Å². The van der Waals surface area contributed by atoms with Crippen molar-refractivity contribution in [3.8, 4) is 0 Å². The molecule has 0 atom stereocenters. The molecule has 1 heterocycles. The van der Waals surface area contributed by atoms with Crippen LogP contribution in [0.3, 0.4) is 0 Å². The van der Waals surface area contributed by atoms with Crippen LogP contribution in [0.15, 0.2) is 22.7 Å². The zero-order chi connectivity index (χ0) is 15.4. The molecule has 1 amide bonds. The predicted molar refractivity (Wildman–Crippen MR) is 74.2 cm³/mol. The number of nitrogens with zero attached hydrogens (tertiary/aromatic N) is 2. The van der Waals surface area contributed by atoms with Gasteiger partial charge in [0.1, 0.15) is 0 Å². The Morgan fingerprint density at radius 1 is 1.43 bits per heavy atom. The molecule has 0 aliphatic rings. The number of hydrogen-bond acceptors (Lipinski definition) is 6. The minimum absolute atomic E-state index is 0.0594. The number of ether oxygens (including phenoxy) is 1. The predicted octanol–water partition coefficient (Wildman–Crippen LogP) is 2.00. The fraction of sp³-hybridized carbons (Fsp3) is 0.231. The maximum Gasteiger partial charge on any atom is 0.337 e. The molecule has 0 saturated carbocycles. The lowest BCUT2D eigenvalue weighted by molar-refractivity contribution is -0.115. The van der Waals surface area contributed by atoms with E-state index in [1.54, 1.807) is 6.92 Å². The summed E-state index contributed by atoms with van der Waals surface area (Å²) in [4.78, 5) is 27.3. The summed E-state index contributed by atoms with van der Waals surface area (Å²) < 4.78 is 9.38. The highest BCUT2D eigenvalue weighted by atomic mass is 35.5.